The summed E-state index contributed by atoms with van der Waals surface area (Å²) in [5, 5.41) is 9.76. The molecule has 0 saturated heterocycles. The van der Waals surface area contributed by atoms with Crippen molar-refractivity contribution >= 4 is 0 Å². The Hall–Kier alpha value is -0.940. The first-order chi connectivity index (χ1) is 8.58. The van der Waals surface area contributed by atoms with Gasteiger partial charge in [-0.3, -0.25) is 4.90 Å². The number of rotatable bonds is 7. The maximum atomic E-state index is 9.76. The number of nitrogens with zero attached hydrogens (tertiary/aromatic N) is 1. The van der Waals surface area contributed by atoms with Crippen LogP contribution in [0.15, 0.2) is 24.3 Å². The molecule has 102 valence electrons. The first-order valence-electron chi connectivity index (χ1n) is 6.22. The maximum absolute atomic E-state index is 9.76. The number of aryl methyl sites for hydroxylation is 1. The molecule has 3 N–H and O–H groups in total. The van der Waals surface area contributed by atoms with Gasteiger partial charge in [0.15, 0.2) is 0 Å². The van der Waals surface area contributed by atoms with Crippen LogP contribution >= 0.6 is 0 Å². The molecule has 0 aliphatic heterocycles. The molecule has 0 amide bonds. The van der Waals surface area contributed by atoms with E-state index in [0.29, 0.717) is 19.7 Å². The van der Waals surface area contributed by atoms with Gasteiger partial charge in [0.05, 0.1) is 12.7 Å². The van der Waals surface area contributed by atoms with Gasteiger partial charge in [-0.25, -0.2) is 0 Å². The Bertz CT molecular complexity index is 357. The summed E-state index contributed by atoms with van der Waals surface area (Å²) in [5.74, 6) is 0. The van der Waals surface area contributed by atoms with Crippen molar-refractivity contribution in [3.8, 4) is 0 Å². The Balaban J connectivity index is 2.70. The highest BCUT2D eigenvalue weighted by molar-refractivity contribution is 5.25. The van der Waals surface area contributed by atoms with Crippen molar-refractivity contribution in [1.82, 2.24) is 4.90 Å². The summed E-state index contributed by atoms with van der Waals surface area (Å²) in [6.45, 7) is 3.48. The van der Waals surface area contributed by atoms with Gasteiger partial charge in [0, 0.05) is 26.2 Å². The average molecular weight is 252 g/mol. The Morgan fingerprint density at radius 1 is 1.44 bits per heavy atom. The van der Waals surface area contributed by atoms with Gasteiger partial charge in [0.1, 0.15) is 0 Å². The second kappa shape index (κ2) is 7.48. The van der Waals surface area contributed by atoms with Gasteiger partial charge >= 0.3 is 0 Å². The number of ether oxygens (including phenoxy) is 1. The normalized spacial score (nSPS) is 14.8. The molecule has 0 heterocycles. The molecule has 4 heteroatoms. The minimum absolute atomic E-state index is 0.122. The van der Waals surface area contributed by atoms with E-state index >= 15 is 0 Å². The third-order valence-electron chi connectivity index (χ3n) is 3.04. The van der Waals surface area contributed by atoms with E-state index in [1.165, 1.54) is 11.1 Å². The SMILES string of the molecule is COCC(O)CN(C)C(CN)c1cccc(C)c1. The summed E-state index contributed by atoms with van der Waals surface area (Å²) in [7, 11) is 3.56. The predicted molar refractivity (Wildman–Crippen MR) is 73.5 cm³/mol. The van der Waals surface area contributed by atoms with Gasteiger partial charge in [-0.15, -0.1) is 0 Å². The molecular weight excluding hydrogens is 228 g/mol. The standard InChI is InChI=1S/C14H24N2O2/c1-11-5-4-6-12(7-11)14(8-15)16(2)9-13(17)10-18-3/h4-7,13-14,17H,8-10,15H2,1-3H3. The van der Waals surface area contributed by atoms with Gasteiger partial charge in [-0.1, -0.05) is 29.8 Å². The zero-order chi connectivity index (χ0) is 13.5. The number of aliphatic hydroxyl groups is 1. The summed E-state index contributed by atoms with van der Waals surface area (Å²) in [4.78, 5) is 2.07. The second-order valence-corrected chi connectivity index (χ2v) is 4.71. The van der Waals surface area contributed by atoms with Crippen LogP contribution in [0.4, 0.5) is 0 Å². The molecule has 0 fully saturated rings. The fourth-order valence-corrected chi connectivity index (χ4v) is 2.15. The summed E-state index contributed by atoms with van der Waals surface area (Å²) in [5.41, 5.74) is 8.25. The number of hydrogen-bond acceptors (Lipinski definition) is 4. The van der Waals surface area contributed by atoms with E-state index in [9.17, 15) is 5.11 Å². The number of nitrogens with two attached hydrogens (primary N) is 1. The van der Waals surface area contributed by atoms with Crippen molar-refractivity contribution in [2.24, 2.45) is 5.73 Å². The third-order valence-corrected chi connectivity index (χ3v) is 3.04. The lowest BCUT2D eigenvalue weighted by Crippen LogP contribution is -2.37. The Labute approximate surface area is 109 Å². The molecule has 0 spiro atoms. The number of methoxy groups -OCH3 is 1. The highest BCUT2D eigenvalue weighted by Gasteiger charge is 2.18. The van der Waals surface area contributed by atoms with Crippen LogP contribution < -0.4 is 5.73 Å². The molecule has 0 bridgehead atoms. The largest absolute Gasteiger partial charge is 0.389 e. The van der Waals surface area contributed by atoms with Gasteiger partial charge in [0.2, 0.25) is 0 Å². The smallest absolute Gasteiger partial charge is 0.0900 e. The molecule has 18 heavy (non-hydrogen) atoms. The molecule has 0 aliphatic rings. The summed E-state index contributed by atoms with van der Waals surface area (Å²) in [6, 6.07) is 8.43. The van der Waals surface area contributed by atoms with Gasteiger partial charge in [-0.05, 0) is 19.5 Å². The van der Waals surface area contributed by atoms with Crippen molar-refractivity contribution in [2.75, 3.05) is 33.9 Å². The molecule has 0 aromatic heterocycles. The lowest BCUT2D eigenvalue weighted by molar-refractivity contribution is 0.0348. The van der Waals surface area contributed by atoms with E-state index in [1.807, 2.05) is 13.1 Å². The quantitative estimate of drug-likeness (QED) is 0.758. The van der Waals surface area contributed by atoms with Gasteiger partial charge in [0.25, 0.3) is 0 Å². The van der Waals surface area contributed by atoms with Gasteiger partial charge < -0.3 is 15.6 Å². The fraction of sp³-hybridized carbons (Fsp3) is 0.571. The predicted octanol–water partition coefficient (Wildman–Crippen LogP) is 0.934. The number of hydrogen-bond donors (Lipinski definition) is 2. The summed E-state index contributed by atoms with van der Waals surface area (Å²) >= 11 is 0. The molecule has 1 rings (SSSR count). The molecule has 0 saturated carbocycles. The maximum Gasteiger partial charge on any atom is 0.0900 e. The second-order valence-electron chi connectivity index (χ2n) is 4.71. The van der Waals surface area contributed by atoms with Crippen LogP contribution in [0.5, 0.6) is 0 Å². The zero-order valence-corrected chi connectivity index (χ0v) is 11.5. The number of likely N-dealkylation sites (N-methyl/N-ethyl adjacent to an activating group) is 1. The minimum atomic E-state index is -0.487. The van der Waals surface area contributed by atoms with Crippen molar-refractivity contribution in [3.05, 3.63) is 35.4 Å². The van der Waals surface area contributed by atoms with Crippen LogP contribution in [0, 0.1) is 6.92 Å². The zero-order valence-electron chi connectivity index (χ0n) is 11.5. The first-order valence-corrected chi connectivity index (χ1v) is 6.22. The fourth-order valence-electron chi connectivity index (χ4n) is 2.15. The summed E-state index contributed by atoms with van der Waals surface area (Å²) < 4.78 is 4.93. The van der Waals surface area contributed by atoms with Crippen molar-refractivity contribution in [3.63, 3.8) is 0 Å². The lowest BCUT2D eigenvalue weighted by Gasteiger charge is -2.29. The van der Waals surface area contributed by atoms with Crippen LogP contribution in [0.3, 0.4) is 0 Å². The van der Waals surface area contributed by atoms with E-state index in [4.69, 9.17) is 10.5 Å². The van der Waals surface area contributed by atoms with E-state index < -0.39 is 6.10 Å². The molecule has 1 aromatic rings. The third kappa shape index (κ3) is 4.38. The van der Waals surface area contributed by atoms with E-state index in [-0.39, 0.29) is 6.04 Å². The highest BCUT2D eigenvalue weighted by atomic mass is 16.5. The minimum Gasteiger partial charge on any atom is -0.389 e. The molecule has 2 unspecified atom stereocenters. The van der Waals surface area contributed by atoms with Crippen LogP contribution in [0.25, 0.3) is 0 Å². The molecule has 4 nitrogen and oxygen atoms in total. The van der Waals surface area contributed by atoms with Crippen molar-refractivity contribution in [2.45, 2.75) is 19.1 Å². The monoisotopic (exact) mass is 252 g/mol. The molecular formula is C14H24N2O2. The van der Waals surface area contributed by atoms with E-state index in [0.717, 1.165) is 0 Å². The first kappa shape index (κ1) is 15.1. The Morgan fingerprint density at radius 2 is 2.17 bits per heavy atom. The van der Waals surface area contributed by atoms with Crippen LogP contribution in [0.1, 0.15) is 17.2 Å². The van der Waals surface area contributed by atoms with Crippen molar-refractivity contribution in [1.29, 1.82) is 0 Å². The van der Waals surface area contributed by atoms with Crippen LogP contribution in [0.2, 0.25) is 0 Å². The number of aliphatic hydroxyl groups excluding tert-OH is 1. The summed E-state index contributed by atoms with van der Waals surface area (Å²) in [6.07, 6.45) is -0.487. The van der Waals surface area contributed by atoms with E-state index in [2.05, 4.69) is 30.0 Å². The molecule has 0 aliphatic carbocycles. The molecule has 0 radical (unpaired) electrons. The molecule has 2 atom stereocenters. The lowest BCUT2D eigenvalue weighted by atomic mass is 10.0. The van der Waals surface area contributed by atoms with Crippen LogP contribution in [-0.4, -0.2) is 50.0 Å². The van der Waals surface area contributed by atoms with Crippen LogP contribution in [-0.2, 0) is 4.74 Å². The van der Waals surface area contributed by atoms with Crippen molar-refractivity contribution < 1.29 is 9.84 Å². The highest BCUT2D eigenvalue weighted by Crippen LogP contribution is 2.19. The van der Waals surface area contributed by atoms with E-state index in [1.54, 1.807) is 7.11 Å². The average Bonchev–Trinajstić information content (AvgIpc) is 2.30. The topological polar surface area (TPSA) is 58.7 Å². The number of benzene rings is 1. The molecule has 1 aromatic carbocycles. The Kier molecular flexibility index (Phi) is 6.29. The van der Waals surface area contributed by atoms with Gasteiger partial charge in [-0.2, -0.15) is 0 Å². The Morgan fingerprint density at radius 3 is 2.72 bits per heavy atom.